The van der Waals surface area contributed by atoms with E-state index in [1.165, 1.54) is 48.5 Å². The Kier molecular flexibility index (Phi) is 8.44. The first-order chi connectivity index (χ1) is 16.6. The van der Waals surface area contributed by atoms with E-state index < -0.39 is 28.9 Å². The second kappa shape index (κ2) is 11.3. The van der Waals surface area contributed by atoms with Gasteiger partial charge in [0, 0.05) is 23.9 Å². The van der Waals surface area contributed by atoms with Crippen LogP contribution in [-0.4, -0.2) is 33.6 Å². The van der Waals surface area contributed by atoms with Crippen LogP contribution in [-0.2, 0) is 11.1 Å². The van der Waals surface area contributed by atoms with E-state index in [0.717, 1.165) is 13.1 Å². The largest absolute Gasteiger partial charge is 0.430 e. The molecule has 0 spiro atoms. The Hall–Kier alpha value is -3.47. The number of hydrogen-bond donors (Lipinski definition) is 3. The minimum absolute atomic E-state index is 0.0145. The molecule has 3 aromatic carbocycles. The molecule has 35 heavy (non-hydrogen) atoms. The zero-order valence-corrected chi connectivity index (χ0v) is 19.7. The Morgan fingerprint density at radius 3 is 2.14 bits per heavy atom. The van der Waals surface area contributed by atoms with Crippen LogP contribution < -0.4 is 10.6 Å². The quantitative estimate of drug-likeness (QED) is 0.264. The molecule has 11 heteroatoms. The Balaban J connectivity index is 1.92. The van der Waals surface area contributed by atoms with Gasteiger partial charge in [-0.1, -0.05) is 35.9 Å². The highest BCUT2D eigenvalue weighted by Gasteiger charge is 2.33. The molecule has 0 fully saturated rings. The molecule has 0 saturated carbocycles. The van der Waals surface area contributed by atoms with Crippen molar-refractivity contribution in [2.75, 3.05) is 12.4 Å². The topological polar surface area (TPSA) is 90.8 Å². The van der Waals surface area contributed by atoms with E-state index in [-0.39, 0.29) is 26.9 Å². The summed E-state index contributed by atoms with van der Waals surface area (Å²) in [6.07, 6.45) is -3.76. The lowest BCUT2D eigenvalue weighted by atomic mass is 10.1. The molecule has 0 heterocycles. The van der Waals surface area contributed by atoms with E-state index in [1.54, 1.807) is 24.3 Å². The van der Waals surface area contributed by atoms with Gasteiger partial charge in [-0.25, -0.2) is 9.20 Å². The molecule has 0 aliphatic carbocycles. The molecule has 0 aromatic heterocycles. The van der Waals surface area contributed by atoms with Gasteiger partial charge < -0.3 is 15.2 Å². The number of rotatable bonds is 7. The summed E-state index contributed by atoms with van der Waals surface area (Å²) in [6, 6.07) is 18.1. The van der Waals surface area contributed by atoms with Gasteiger partial charge in [0.25, 0.3) is 5.91 Å². The summed E-state index contributed by atoms with van der Waals surface area (Å²) in [7, 11) is 1.16. The van der Waals surface area contributed by atoms with Crippen molar-refractivity contribution >= 4 is 45.7 Å². The standard InChI is InChI=1S/C24H19ClF3N3O3S/c1-29-22(24(26,27)28)14-21(31-20-5-3-2-4-19(20)25)15-6-8-16(9-7-15)23(32)30-17-10-12-18(13-11-17)35(33)34/h2-14,29H,1H3,(H,30,32)(H,33,34). The number of amides is 1. The second-order valence-electron chi connectivity index (χ2n) is 7.06. The van der Waals surface area contributed by atoms with Gasteiger partial charge in [-0.15, -0.1) is 0 Å². The van der Waals surface area contributed by atoms with Crippen LogP contribution in [0, 0.1) is 0 Å². The van der Waals surface area contributed by atoms with Crippen molar-refractivity contribution in [2.24, 2.45) is 4.99 Å². The van der Waals surface area contributed by atoms with Crippen LogP contribution in [0.25, 0.3) is 0 Å². The molecule has 1 unspecified atom stereocenters. The lowest BCUT2D eigenvalue weighted by Crippen LogP contribution is -2.24. The van der Waals surface area contributed by atoms with Gasteiger partial charge in [0.1, 0.15) is 5.70 Å². The van der Waals surface area contributed by atoms with Crippen molar-refractivity contribution in [3.63, 3.8) is 0 Å². The first-order valence-electron chi connectivity index (χ1n) is 10.0. The zero-order valence-electron chi connectivity index (χ0n) is 18.1. The fourth-order valence-electron chi connectivity index (χ4n) is 2.94. The molecule has 0 aliphatic rings. The van der Waals surface area contributed by atoms with Crippen LogP contribution in [0.2, 0.25) is 5.02 Å². The molecule has 1 amide bonds. The van der Waals surface area contributed by atoms with Gasteiger partial charge in [0.2, 0.25) is 0 Å². The van der Waals surface area contributed by atoms with Crippen molar-refractivity contribution in [1.29, 1.82) is 0 Å². The Morgan fingerprint density at radius 1 is 1.00 bits per heavy atom. The molecule has 3 aromatic rings. The second-order valence-corrected chi connectivity index (χ2v) is 8.44. The highest BCUT2D eigenvalue weighted by Crippen LogP contribution is 2.27. The first-order valence-corrected chi connectivity index (χ1v) is 11.5. The Bertz CT molecular complexity index is 1290. The van der Waals surface area contributed by atoms with Crippen LogP contribution in [0.15, 0.2) is 94.5 Å². The number of aliphatic imine (C=N–C) groups is 1. The highest BCUT2D eigenvalue weighted by molar-refractivity contribution is 7.79. The number of nitrogens with one attached hydrogen (secondary N) is 2. The number of nitrogens with zero attached hydrogens (tertiary/aromatic N) is 1. The monoisotopic (exact) mass is 521 g/mol. The van der Waals surface area contributed by atoms with Crippen molar-refractivity contribution in [2.45, 2.75) is 11.1 Å². The Labute approximate surface area is 206 Å². The Morgan fingerprint density at radius 2 is 1.60 bits per heavy atom. The van der Waals surface area contributed by atoms with Crippen LogP contribution in [0.5, 0.6) is 0 Å². The summed E-state index contributed by atoms with van der Waals surface area (Å²) >= 11 is 4.01. The average Bonchev–Trinajstić information content (AvgIpc) is 2.82. The van der Waals surface area contributed by atoms with Gasteiger partial charge in [-0.3, -0.25) is 4.79 Å². The molecule has 0 saturated heterocycles. The van der Waals surface area contributed by atoms with Crippen LogP contribution >= 0.6 is 11.6 Å². The lowest BCUT2D eigenvalue weighted by molar-refractivity contribution is -0.0958. The number of benzene rings is 3. The summed E-state index contributed by atoms with van der Waals surface area (Å²) in [5.74, 6) is -0.472. The third kappa shape index (κ3) is 7.01. The van der Waals surface area contributed by atoms with Crippen molar-refractivity contribution < 1.29 is 26.7 Å². The van der Waals surface area contributed by atoms with E-state index in [4.69, 9.17) is 16.2 Å². The highest BCUT2D eigenvalue weighted by atomic mass is 35.5. The van der Waals surface area contributed by atoms with Crippen LogP contribution in [0.1, 0.15) is 15.9 Å². The average molecular weight is 522 g/mol. The fraction of sp³-hybridized carbons (Fsp3) is 0.0833. The molecule has 0 aliphatic heterocycles. The summed E-state index contributed by atoms with van der Waals surface area (Å²) in [6.45, 7) is 0. The van der Waals surface area contributed by atoms with Crippen molar-refractivity contribution in [3.05, 3.63) is 101 Å². The molecule has 0 radical (unpaired) electrons. The number of hydrogen-bond acceptors (Lipinski definition) is 4. The van der Waals surface area contributed by atoms with E-state index in [2.05, 4.69) is 15.6 Å². The summed E-state index contributed by atoms with van der Waals surface area (Å²) < 4.78 is 60.2. The van der Waals surface area contributed by atoms with E-state index in [1.807, 2.05) is 0 Å². The number of halogens is 4. The smallest absolute Gasteiger partial charge is 0.384 e. The molecular weight excluding hydrogens is 503 g/mol. The predicted molar refractivity (Wildman–Crippen MR) is 131 cm³/mol. The maximum atomic E-state index is 13.4. The SMILES string of the molecule is CNC(=CC(=Nc1ccccc1Cl)c1ccc(C(=O)Nc2ccc(S(=O)O)cc2)cc1)C(F)(F)F. The summed E-state index contributed by atoms with van der Waals surface area (Å²) in [5.41, 5.74) is 0.243. The van der Waals surface area contributed by atoms with Crippen molar-refractivity contribution in [3.8, 4) is 0 Å². The maximum Gasteiger partial charge on any atom is 0.430 e. The van der Waals surface area contributed by atoms with Gasteiger partial charge in [-0.05, 0) is 54.6 Å². The minimum atomic E-state index is -4.63. The molecule has 1 atom stereocenters. The number of alkyl halides is 3. The molecule has 182 valence electrons. The van der Waals surface area contributed by atoms with Gasteiger partial charge in [-0.2, -0.15) is 13.2 Å². The molecular formula is C24H19ClF3N3O3S. The number of para-hydroxylation sites is 1. The number of carbonyl (C=O) groups excluding carboxylic acids is 1. The first kappa shape index (κ1) is 26.1. The molecule has 3 N–H and O–H groups in total. The summed E-state index contributed by atoms with van der Waals surface area (Å²) in [4.78, 5) is 17.1. The molecule has 3 rings (SSSR count). The fourth-order valence-corrected chi connectivity index (χ4v) is 3.48. The molecule has 0 bridgehead atoms. The van der Waals surface area contributed by atoms with Crippen LogP contribution in [0.4, 0.5) is 24.5 Å². The number of anilines is 1. The van der Waals surface area contributed by atoms with Gasteiger partial charge in [0.05, 0.1) is 21.3 Å². The van der Waals surface area contributed by atoms with Gasteiger partial charge in [0.15, 0.2) is 11.1 Å². The van der Waals surface area contributed by atoms with E-state index >= 15 is 0 Å². The van der Waals surface area contributed by atoms with Crippen molar-refractivity contribution in [1.82, 2.24) is 5.32 Å². The lowest BCUT2D eigenvalue weighted by Gasteiger charge is -2.13. The molecule has 6 nitrogen and oxygen atoms in total. The minimum Gasteiger partial charge on any atom is -0.384 e. The number of carbonyl (C=O) groups is 1. The number of allylic oxidation sites excluding steroid dienone is 2. The predicted octanol–water partition coefficient (Wildman–Crippen LogP) is 5.96. The maximum absolute atomic E-state index is 13.4. The normalized spacial score (nSPS) is 13.3. The summed E-state index contributed by atoms with van der Waals surface area (Å²) in [5, 5.41) is 5.04. The van der Waals surface area contributed by atoms with Gasteiger partial charge >= 0.3 is 6.18 Å². The third-order valence-electron chi connectivity index (χ3n) is 4.71. The van der Waals surface area contributed by atoms with E-state index in [9.17, 15) is 22.2 Å². The van der Waals surface area contributed by atoms with E-state index in [0.29, 0.717) is 11.3 Å². The zero-order chi connectivity index (χ0) is 25.6. The van der Waals surface area contributed by atoms with Crippen LogP contribution in [0.3, 0.4) is 0 Å². The third-order valence-corrected chi connectivity index (χ3v) is 5.70.